The first kappa shape index (κ1) is 17.3. The van der Waals surface area contributed by atoms with Gasteiger partial charge in [0.1, 0.15) is 0 Å². The second-order valence-electron chi connectivity index (χ2n) is 6.13. The van der Waals surface area contributed by atoms with Gasteiger partial charge in [0.05, 0.1) is 0 Å². The molecule has 0 atom stereocenters. The molecule has 0 saturated carbocycles. The van der Waals surface area contributed by atoms with Crippen molar-refractivity contribution in [1.82, 2.24) is 5.32 Å². The Hall–Kier alpha value is -2.53. The Labute approximate surface area is 148 Å². The average Bonchev–Trinajstić information content (AvgIpc) is 3.08. The van der Waals surface area contributed by atoms with Crippen molar-refractivity contribution in [3.05, 3.63) is 53.1 Å². The van der Waals surface area contributed by atoms with E-state index in [1.54, 1.807) is 0 Å². The summed E-state index contributed by atoms with van der Waals surface area (Å²) in [5.74, 6) is 1.60. The number of nitrogens with one attached hydrogen (secondary N) is 2. The number of fused-ring (bicyclic) bond motifs is 1. The Morgan fingerprint density at radius 2 is 2.00 bits per heavy atom. The molecular formula is C20H24N2O3. The molecule has 0 saturated heterocycles. The maximum absolute atomic E-state index is 12.2. The van der Waals surface area contributed by atoms with Gasteiger partial charge in [-0.2, -0.15) is 0 Å². The first-order valence-electron chi connectivity index (χ1n) is 8.65. The van der Waals surface area contributed by atoms with Crippen LogP contribution in [0.15, 0.2) is 36.4 Å². The minimum Gasteiger partial charge on any atom is -0.454 e. The van der Waals surface area contributed by atoms with E-state index in [1.165, 1.54) is 5.56 Å². The average molecular weight is 340 g/mol. The number of ether oxygens (including phenoxy) is 2. The Morgan fingerprint density at radius 1 is 1.16 bits per heavy atom. The number of aryl methyl sites for hydroxylation is 2. The molecule has 0 aromatic heterocycles. The number of amides is 1. The molecule has 5 heteroatoms. The zero-order chi connectivity index (χ0) is 17.6. The molecule has 0 unspecified atom stereocenters. The summed E-state index contributed by atoms with van der Waals surface area (Å²) in [5, 5.41) is 6.34. The van der Waals surface area contributed by atoms with Crippen LogP contribution in [0.2, 0.25) is 0 Å². The van der Waals surface area contributed by atoms with Crippen LogP contribution in [0.3, 0.4) is 0 Å². The van der Waals surface area contributed by atoms with E-state index in [2.05, 4.69) is 23.6 Å². The van der Waals surface area contributed by atoms with Crippen molar-refractivity contribution in [2.75, 3.05) is 18.7 Å². The SMILES string of the molecule is CCc1cccc(C)c1NC(=O)CCNCc1ccc2c(c1)OCO2. The largest absolute Gasteiger partial charge is 0.454 e. The lowest BCUT2D eigenvalue weighted by molar-refractivity contribution is -0.116. The highest BCUT2D eigenvalue weighted by Crippen LogP contribution is 2.32. The highest BCUT2D eigenvalue weighted by Gasteiger charge is 2.13. The molecule has 1 aliphatic rings. The summed E-state index contributed by atoms with van der Waals surface area (Å²) in [6.07, 6.45) is 1.34. The van der Waals surface area contributed by atoms with Gasteiger partial charge in [-0.15, -0.1) is 0 Å². The molecule has 3 rings (SSSR count). The number of rotatable bonds is 7. The number of benzene rings is 2. The lowest BCUT2D eigenvalue weighted by Gasteiger charge is -2.13. The van der Waals surface area contributed by atoms with Gasteiger partial charge in [0, 0.05) is 25.2 Å². The Bertz CT molecular complexity index is 759. The van der Waals surface area contributed by atoms with Crippen molar-refractivity contribution in [2.24, 2.45) is 0 Å². The Morgan fingerprint density at radius 3 is 2.84 bits per heavy atom. The highest BCUT2D eigenvalue weighted by atomic mass is 16.7. The first-order chi connectivity index (χ1) is 12.2. The minimum absolute atomic E-state index is 0.0298. The summed E-state index contributed by atoms with van der Waals surface area (Å²) in [6, 6.07) is 12.0. The van der Waals surface area contributed by atoms with Gasteiger partial charge in [-0.05, 0) is 42.2 Å². The van der Waals surface area contributed by atoms with Gasteiger partial charge in [0.25, 0.3) is 0 Å². The summed E-state index contributed by atoms with van der Waals surface area (Å²) in [6.45, 7) is 5.71. The lowest BCUT2D eigenvalue weighted by Crippen LogP contribution is -2.22. The maximum atomic E-state index is 12.2. The van der Waals surface area contributed by atoms with Crippen LogP contribution in [-0.4, -0.2) is 19.2 Å². The number of hydrogen-bond acceptors (Lipinski definition) is 4. The van der Waals surface area contributed by atoms with Crippen LogP contribution in [0.5, 0.6) is 11.5 Å². The standard InChI is InChI=1S/C20H24N2O3/c1-3-16-6-4-5-14(2)20(16)22-19(23)9-10-21-12-15-7-8-17-18(11-15)25-13-24-17/h4-8,11,21H,3,9-10,12-13H2,1-2H3,(H,22,23). The molecular weight excluding hydrogens is 316 g/mol. The monoisotopic (exact) mass is 340 g/mol. The zero-order valence-corrected chi connectivity index (χ0v) is 14.7. The lowest BCUT2D eigenvalue weighted by atomic mass is 10.1. The smallest absolute Gasteiger partial charge is 0.231 e. The Balaban J connectivity index is 1.45. The number of anilines is 1. The molecule has 0 aliphatic carbocycles. The maximum Gasteiger partial charge on any atom is 0.231 e. The fourth-order valence-corrected chi connectivity index (χ4v) is 2.89. The van der Waals surface area contributed by atoms with E-state index >= 15 is 0 Å². The fourth-order valence-electron chi connectivity index (χ4n) is 2.89. The van der Waals surface area contributed by atoms with E-state index in [9.17, 15) is 4.79 Å². The van der Waals surface area contributed by atoms with E-state index in [1.807, 2.05) is 37.3 Å². The molecule has 132 valence electrons. The summed E-state index contributed by atoms with van der Waals surface area (Å²) >= 11 is 0. The van der Waals surface area contributed by atoms with Crippen molar-refractivity contribution in [1.29, 1.82) is 0 Å². The summed E-state index contributed by atoms with van der Waals surface area (Å²) < 4.78 is 10.7. The van der Waals surface area contributed by atoms with Crippen molar-refractivity contribution in [3.63, 3.8) is 0 Å². The van der Waals surface area contributed by atoms with Crippen molar-refractivity contribution >= 4 is 11.6 Å². The summed E-state index contributed by atoms with van der Waals surface area (Å²) in [5.41, 5.74) is 4.32. The number of para-hydroxylation sites is 1. The second-order valence-corrected chi connectivity index (χ2v) is 6.13. The van der Waals surface area contributed by atoms with Crippen LogP contribution in [0.1, 0.15) is 30.0 Å². The third kappa shape index (κ3) is 4.31. The van der Waals surface area contributed by atoms with Crippen molar-refractivity contribution in [2.45, 2.75) is 33.2 Å². The van der Waals surface area contributed by atoms with Crippen molar-refractivity contribution in [3.8, 4) is 11.5 Å². The van der Waals surface area contributed by atoms with Gasteiger partial charge in [0.2, 0.25) is 12.7 Å². The van der Waals surface area contributed by atoms with Crippen LogP contribution in [0.4, 0.5) is 5.69 Å². The molecule has 5 nitrogen and oxygen atoms in total. The molecule has 0 radical (unpaired) electrons. The van der Waals surface area contributed by atoms with Gasteiger partial charge in [-0.3, -0.25) is 4.79 Å². The molecule has 0 fully saturated rings. The predicted octanol–water partition coefficient (Wildman–Crippen LogP) is 3.40. The molecule has 0 bridgehead atoms. The summed E-state index contributed by atoms with van der Waals surface area (Å²) in [7, 11) is 0. The Kier molecular flexibility index (Phi) is 5.56. The number of carbonyl (C=O) groups excluding carboxylic acids is 1. The van der Waals surface area contributed by atoms with E-state index in [0.717, 1.165) is 34.7 Å². The van der Waals surface area contributed by atoms with Crippen LogP contribution in [0, 0.1) is 6.92 Å². The van der Waals surface area contributed by atoms with E-state index in [0.29, 0.717) is 19.5 Å². The third-order valence-corrected chi connectivity index (χ3v) is 4.30. The fraction of sp³-hybridized carbons (Fsp3) is 0.350. The molecule has 2 aromatic rings. The molecule has 1 heterocycles. The molecule has 1 aliphatic heterocycles. The van der Waals surface area contributed by atoms with E-state index in [4.69, 9.17) is 9.47 Å². The van der Waals surface area contributed by atoms with Gasteiger partial charge in [0.15, 0.2) is 11.5 Å². The normalized spacial score (nSPS) is 12.2. The van der Waals surface area contributed by atoms with Gasteiger partial charge in [-0.25, -0.2) is 0 Å². The molecule has 0 spiro atoms. The third-order valence-electron chi connectivity index (χ3n) is 4.30. The van der Waals surface area contributed by atoms with Gasteiger partial charge >= 0.3 is 0 Å². The van der Waals surface area contributed by atoms with Gasteiger partial charge in [-0.1, -0.05) is 31.2 Å². The predicted molar refractivity (Wildman–Crippen MR) is 98.1 cm³/mol. The van der Waals surface area contributed by atoms with Crippen LogP contribution in [-0.2, 0) is 17.8 Å². The molecule has 1 amide bonds. The molecule has 2 N–H and O–H groups in total. The first-order valence-corrected chi connectivity index (χ1v) is 8.65. The highest BCUT2D eigenvalue weighted by molar-refractivity contribution is 5.92. The number of carbonyl (C=O) groups is 1. The molecule has 2 aromatic carbocycles. The quantitative estimate of drug-likeness (QED) is 0.759. The minimum atomic E-state index is 0.0298. The molecule has 25 heavy (non-hydrogen) atoms. The number of hydrogen-bond donors (Lipinski definition) is 2. The van der Waals surface area contributed by atoms with Crippen LogP contribution < -0.4 is 20.1 Å². The second kappa shape index (κ2) is 8.03. The zero-order valence-electron chi connectivity index (χ0n) is 14.7. The van der Waals surface area contributed by atoms with Gasteiger partial charge < -0.3 is 20.1 Å². The van der Waals surface area contributed by atoms with Crippen molar-refractivity contribution < 1.29 is 14.3 Å². The topological polar surface area (TPSA) is 59.6 Å². The van der Waals surface area contributed by atoms with Crippen LogP contribution in [0.25, 0.3) is 0 Å². The van der Waals surface area contributed by atoms with E-state index < -0.39 is 0 Å². The van der Waals surface area contributed by atoms with E-state index in [-0.39, 0.29) is 12.7 Å². The van der Waals surface area contributed by atoms with Crippen LogP contribution >= 0.6 is 0 Å². The summed E-state index contributed by atoms with van der Waals surface area (Å²) in [4.78, 5) is 12.2.